The van der Waals surface area contributed by atoms with E-state index < -0.39 is 0 Å². The summed E-state index contributed by atoms with van der Waals surface area (Å²) in [5, 5.41) is 4.96. The number of benzene rings is 2. The van der Waals surface area contributed by atoms with Crippen molar-refractivity contribution in [2.75, 3.05) is 65.9 Å². The summed E-state index contributed by atoms with van der Waals surface area (Å²) in [5.74, 6) is 4.42. The largest absolute Gasteiger partial charge is 0.495 e. The first-order valence-electron chi connectivity index (χ1n) is 11.7. The lowest BCUT2D eigenvalue weighted by Crippen LogP contribution is -2.44. The molecule has 4 rings (SSSR count). The van der Waals surface area contributed by atoms with Gasteiger partial charge in [-0.05, 0) is 25.6 Å². The van der Waals surface area contributed by atoms with Crippen LogP contribution in [-0.2, 0) is 0 Å². The summed E-state index contributed by atoms with van der Waals surface area (Å²) in [6.45, 7) is 5.99. The van der Waals surface area contributed by atoms with Gasteiger partial charge in [0.15, 0.2) is 11.5 Å². The van der Waals surface area contributed by atoms with Crippen LogP contribution in [0.2, 0.25) is 10.0 Å². The molecule has 0 atom stereocenters. The monoisotopic (exact) mass is 528 g/mol. The molecule has 0 bridgehead atoms. The summed E-state index contributed by atoms with van der Waals surface area (Å²) >= 11 is 12.7. The summed E-state index contributed by atoms with van der Waals surface area (Å²) in [6.07, 6.45) is 8.37. The number of nitrogens with zero attached hydrogens (tertiary/aromatic N) is 3. The number of hydrogen-bond acceptors (Lipinski definition) is 7. The lowest BCUT2D eigenvalue weighted by atomic mass is 10.1. The van der Waals surface area contributed by atoms with Crippen LogP contribution in [-0.4, -0.2) is 75.4 Å². The van der Waals surface area contributed by atoms with Gasteiger partial charge in [-0.1, -0.05) is 29.1 Å². The maximum Gasteiger partial charge on any atom is 0.163 e. The number of nitrogens with one attached hydrogen (secondary N) is 1. The van der Waals surface area contributed by atoms with Gasteiger partial charge >= 0.3 is 0 Å². The molecule has 1 saturated heterocycles. The summed E-state index contributed by atoms with van der Waals surface area (Å²) in [4.78, 5) is 9.38. The first-order chi connectivity index (χ1) is 17.4. The molecule has 36 heavy (non-hydrogen) atoms. The van der Waals surface area contributed by atoms with Crippen molar-refractivity contribution < 1.29 is 14.2 Å². The number of pyridine rings is 1. The molecule has 2 heterocycles. The predicted octanol–water partition coefficient (Wildman–Crippen LogP) is 5.30. The van der Waals surface area contributed by atoms with E-state index in [0.29, 0.717) is 56.4 Å². The Labute approximate surface area is 222 Å². The van der Waals surface area contributed by atoms with Gasteiger partial charge in [0.05, 0.1) is 53.3 Å². The van der Waals surface area contributed by atoms with Crippen molar-refractivity contribution >= 4 is 45.5 Å². The van der Waals surface area contributed by atoms with Crippen molar-refractivity contribution in [3.63, 3.8) is 0 Å². The molecule has 0 radical (unpaired) electrons. The lowest BCUT2D eigenvalue weighted by molar-refractivity contribution is 0.145. The van der Waals surface area contributed by atoms with E-state index in [0.717, 1.165) is 44.5 Å². The molecule has 0 amide bonds. The van der Waals surface area contributed by atoms with Gasteiger partial charge in [0.1, 0.15) is 5.75 Å². The summed E-state index contributed by atoms with van der Waals surface area (Å²) in [6, 6.07) is 7.10. The third kappa shape index (κ3) is 5.91. The van der Waals surface area contributed by atoms with Crippen LogP contribution in [0.5, 0.6) is 17.2 Å². The van der Waals surface area contributed by atoms with Crippen molar-refractivity contribution in [2.24, 2.45) is 0 Å². The Kier molecular flexibility index (Phi) is 8.65. The van der Waals surface area contributed by atoms with Crippen molar-refractivity contribution in [3.05, 3.63) is 46.1 Å². The number of methoxy groups -OCH3 is 2. The molecule has 0 unspecified atom stereocenters. The Balaban J connectivity index is 1.57. The van der Waals surface area contributed by atoms with Crippen LogP contribution >= 0.6 is 23.2 Å². The quantitative estimate of drug-likeness (QED) is 0.298. The van der Waals surface area contributed by atoms with Crippen molar-refractivity contribution in [1.82, 2.24) is 14.8 Å². The topological polar surface area (TPSA) is 59.1 Å². The minimum absolute atomic E-state index is 0.417. The van der Waals surface area contributed by atoms with E-state index in [1.807, 2.05) is 12.1 Å². The maximum atomic E-state index is 6.45. The van der Waals surface area contributed by atoms with Gasteiger partial charge in [-0.25, -0.2) is 0 Å². The average molecular weight is 529 g/mol. The number of piperazine rings is 1. The summed E-state index contributed by atoms with van der Waals surface area (Å²) < 4.78 is 17.1. The molecule has 0 spiro atoms. The maximum absolute atomic E-state index is 6.45. The zero-order chi connectivity index (χ0) is 25.7. The minimum Gasteiger partial charge on any atom is -0.495 e. The number of fused-ring (bicyclic) bond motifs is 1. The highest BCUT2D eigenvalue weighted by Gasteiger charge is 2.17. The third-order valence-corrected chi connectivity index (χ3v) is 6.89. The number of aromatic nitrogens is 1. The van der Waals surface area contributed by atoms with Gasteiger partial charge in [0.2, 0.25) is 0 Å². The molecule has 190 valence electrons. The van der Waals surface area contributed by atoms with Crippen LogP contribution in [0.1, 0.15) is 12.0 Å². The van der Waals surface area contributed by atoms with E-state index in [1.165, 1.54) is 0 Å². The lowest BCUT2D eigenvalue weighted by Gasteiger charge is -2.32. The second-order valence-corrected chi connectivity index (χ2v) is 9.46. The number of likely N-dealkylation sites (N-methyl/N-ethyl adjacent to an activating group) is 1. The van der Waals surface area contributed by atoms with Crippen LogP contribution in [0.4, 0.5) is 11.4 Å². The van der Waals surface area contributed by atoms with Crippen molar-refractivity contribution in [3.8, 4) is 29.6 Å². The van der Waals surface area contributed by atoms with Gasteiger partial charge in [0.25, 0.3) is 0 Å². The third-order valence-electron chi connectivity index (χ3n) is 6.28. The minimum atomic E-state index is 0.417. The van der Waals surface area contributed by atoms with E-state index in [2.05, 4.69) is 33.1 Å². The van der Waals surface area contributed by atoms with Gasteiger partial charge in [-0.15, -0.1) is 6.42 Å². The van der Waals surface area contributed by atoms with Crippen LogP contribution in [0.15, 0.2) is 30.5 Å². The fraction of sp³-hybridized carbons (Fsp3) is 0.370. The first-order valence-corrected chi connectivity index (χ1v) is 12.5. The molecule has 1 aliphatic heterocycles. The number of halogens is 2. The number of terminal acetylenes is 1. The molecular formula is C27H30Cl2N4O3. The molecule has 2 aromatic carbocycles. The molecule has 1 fully saturated rings. The molecule has 7 nitrogen and oxygen atoms in total. The number of hydrogen-bond donors (Lipinski definition) is 1. The van der Waals surface area contributed by atoms with Crippen LogP contribution in [0.3, 0.4) is 0 Å². The van der Waals surface area contributed by atoms with Crippen molar-refractivity contribution in [1.29, 1.82) is 0 Å². The van der Waals surface area contributed by atoms with Gasteiger partial charge in [0, 0.05) is 56.4 Å². The smallest absolute Gasteiger partial charge is 0.163 e. The predicted molar refractivity (Wildman–Crippen MR) is 147 cm³/mol. The Bertz CT molecular complexity index is 1270. The normalized spacial score (nSPS) is 14.4. The molecule has 9 heteroatoms. The standard InChI is InChI=1S/C27H30Cl2N4O3/c1-5-18-17-30-22-15-26(36-12-6-7-33-10-8-32(2)9-11-33)25(35-4)13-19(22)27(18)31-23-16-24(34-3)21(29)14-20(23)28/h1,13-17H,6-12H2,2-4H3,(H,30,31). The summed E-state index contributed by atoms with van der Waals surface area (Å²) in [5.41, 5.74) is 2.57. The highest BCUT2D eigenvalue weighted by atomic mass is 35.5. The number of anilines is 2. The SMILES string of the molecule is C#Cc1cnc2cc(OCCCN3CCN(C)CC3)c(OC)cc2c1Nc1cc(OC)c(Cl)cc1Cl. The molecule has 1 N–H and O–H groups in total. The van der Waals surface area contributed by atoms with Crippen molar-refractivity contribution in [2.45, 2.75) is 6.42 Å². The Morgan fingerprint density at radius 2 is 1.75 bits per heavy atom. The first kappa shape index (κ1) is 26.2. The fourth-order valence-electron chi connectivity index (χ4n) is 4.17. The highest BCUT2D eigenvalue weighted by molar-refractivity contribution is 6.37. The van der Waals surface area contributed by atoms with Crippen LogP contribution in [0.25, 0.3) is 10.9 Å². The number of ether oxygens (including phenoxy) is 3. The molecule has 0 saturated carbocycles. The second kappa shape index (κ2) is 11.9. The molecule has 1 aromatic heterocycles. The van der Waals surface area contributed by atoms with Crippen LogP contribution in [0, 0.1) is 12.3 Å². The van der Waals surface area contributed by atoms with E-state index in [9.17, 15) is 0 Å². The number of rotatable bonds is 9. The van der Waals surface area contributed by atoms with E-state index >= 15 is 0 Å². The Hall–Kier alpha value is -2.89. The average Bonchev–Trinajstić information content (AvgIpc) is 2.88. The fourth-order valence-corrected chi connectivity index (χ4v) is 4.68. The molecular weight excluding hydrogens is 499 g/mol. The Morgan fingerprint density at radius 1 is 1.00 bits per heavy atom. The van der Waals surface area contributed by atoms with Gasteiger partial charge in [-0.3, -0.25) is 4.98 Å². The van der Waals surface area contributed by atoms with E-state index in [-0.39, 0.29) is 0 Å². The van der Waals surface area contributed by atoms with Crippen LogP contribution < -0.4 is 19.5 Å². The molecule has 0 aliphatic carbocycles. The van der Waals surface area contributed by atoms with Gasteiger partial charge in [-0.2, -0.15) is 0 Å². The molecule has 3 aromatic rings. The zero-order valence-corrected chi connectivity index (χ0v) is 22.2. The Morgan fingerprint density at radius 3 is 2.44 bits per heavy atom. The van der Waals surface area contributed by atoms with E-state index in [4.69, 9.17) is 43.8 Å². The van der Waals surface area contributed by atoms with E-state index in [1.54, 1.807) is 32.5 Å². The zero-order valence-electron chi connectivity index (χ0n) is 20.7. The molecule has 1 aliphatic rings. The van der Waals surface area contributed by atoms with Gasteiger partial charge < -0.3 is 29.3 Å². The second-order valence-electron chi connectivity index (χ2n) is 8.65. The summed E-state index contributed by atoms with van der Waals surface area (Å²) in [7, 11) is 5.32. The highest BCUT2D eigenvalue weighted by Crippen LogP contribution is 2.40.